The molecule has 0 aromatic rings. The Bertz CT molecular complexity index is 153. The number of hydrogen-bond donors (Lipinski definition) is 1. The Morgan fingerprint density at radius 2 is 1.86 bits per heavy atom. The smallest absolute Gasteiger partial charge is 0.00953 e. The highest BCUT2D eigenvalue weighted by Gasteiger charge is 2.24. The maximum Gasteiger partial charge on any atom is 0.00953 e. The zero-order valence-corrected chi connectivity index (χ0v) is 10.3. The molecule has 0 bridgehead atoms. The minimum absolute atomic E-state index is 0.723. The normalized spacial score (nSPS) is 30.6. The lowest BCUT2D eigenvalue weighted by Crippen LogP contribution is -2.45. The van der Waals surface area contributed by atoms with Crippen molar-refractivity contribution in [1.82, 2.24) is 5.32 Å². The molecule has 14 heavy (non-hydrogen) atoms. The van der Waals surface area contributed by atoms with Crippen LogP contribution < -0.4 is 5.32 Å². The first-order valence-electron chi connectivity index (χ1n) is 6.41. The lowest BCUT2D eigenvalue weighted by atomic mass is 9.84. The van der Waals surface area contributed by atoms with Crippen LogP contribution in [-0.2, 0) is 0 Å². The van der Waals surface area contributed by atoms with Gasteiger partial charge < -0.3 is 5.32 Å². The van der Waals surface area contributed by atoms with Crippen LogP contribution in [0.4, 0.5) is 0 Å². The molecule has 1 saturated carbocycles. The summed E-state index contributed by atoms with van der Waals surface area (Å²) in [6.07, 6.45) is 6.95. The molecular weight excluding hydrogens is 170 g/mol. The molecule has 1 heteroatoms. The van der Waals surface area contributed by atoms with E-state index in [1.54, 1.807) is 0 Å². The first-order chi connectivity index (χ1) is 6.65. The monoisotopic (exact) mass is 197 g/mol. The molecule has 1 rings (SSSR count). The Kier molecular flexibility index (Phi) is 4.94. The summed E-state index contributed by atoms with van der Waals surface area (Å²) in [6, 6.07) is 1.51. The molecule has 84 valence electrons. The fraction of sp³-hybridized carbons (Fsp3) is 1.00. The topological polar surface area (TPSA) is 12.0 Å². The average Bonchev–Trinajstić information content (AvgIpc) is 2.16. The largest absolute Gasteiger partial charge is 0.311 e. The Labute approximate surface area is 89.7 Å². The van der Waals surface area contributed by atoms with Gasteiger partial charge in [0.15, 0.2) is 0 Å². The molecule has 1 nitrogen and oxygen atoms in total. The summed E-state index contributed by atoms with van der Waals surface area (Å²) >= 11 is 0. The maximum absolute atomic E-state index is 3.85. The molecule has 0 radical (unpaired) electrons. The molecule has 0 spiro atoms. The Morgan fingerprint density at radius 3 is 2.36 bits per heavy atom. The van der Waals surface area contributed by atoms with Gasteiger partial charge in [-0.2, -0.15) is 0 Å². The van der Waals surface area contributed by atoms with E-state index >= 15 is 0 Å². The number of hydrogen-bond acceptors (Lipinski definition) is 1. The maximum atomic E-state index is 3.85. The summed E-state index contributed by atoms with van der Waals surface area (Å²) in [6.45, 7) is 9.36. The predicted octanol–water partition coefficient (Wildman–Crippen LogP) is 3.59. The number of rotatable bonds is 4. The molecule has 0 amide bonds. The van der Waals surface area contributed by atoms with Crippen LogP contribution in [0, 0.1) is 11.8 Å². The van der Waals surface area contributed by atoms with E-state index in [2.05, 4.69) is 33.0 Å². The van der Waals surface area contributed by atoms with Crippen molar-refractivity contribution in [3.8, 4) is 0 Å². The van der Waals surface area contributed by atoms with Gasteiger partial charge in [-0.1, -0.05) is 40.5 Å². The fourth-order valence-electron chi connectivity index (χ4n) is 2.62. The summed E-state index contributed by atoms with van der Waals surface area (Å²) in [5.41, 5.74) is 0. The van der Waals surface area contributed by atoms with Gasteiger partial charge in [0.25, 0.3) is 0 Å². The van der Waals surface area contributed by atoms with Crippen LogP contribution in [-0.4, -0.2) is 12.1 Å². The summed E-state index contributed by atoms with van der Waals surface area (Å²) in [5, 5.41) is 3.85. The van der Waals surface area contributed by atoms with Crippen LogP contribution in [0.3, 0.4) is 0 Å². The van der Waals surface area contributed by atoms with Crippen LogP contribution in [0.5, 0.6) is 0 Å². The Balaban J connectivity index is 2.39. The van der Waals surface area contributed by atoms with E-state index in [0.717, 1.165) is 23.9 Å². The predicted molar refractivity (Wildman–Crippen MR) is 63.5 cm³/mol. The second-order valence-electron chi connectivity index (χ2n) is 5.29. The standard InChI is InChI=1S/C13H27N/c1-5-12(10(2)3)14-13-9-7-6-8-11(13)4/h10-14H,5-9H2,1-4H3/t11-,12+,13-/m0/s1. The van der Waals surface area contributed by atoms with Gasteiger partial charge >= 0.3 is 0 Å². The molecule has 1 aliphatic rings. The molecule has 1 N–H and O–H groups in total. The first kappa shape index (κ1) is 12.0. The van der Waals surface area contributed by atoms with Gasteiger partial charge in [-0.05, 0) is 31.1 Å². The van der Waals surface area contributed by atoms with Crippen molar-refractivity contribution in [3.05, 3.63) is 0 Å². The lowest BCUT2D eigenvalue weighted by Gasteiger charge is -2.34. The molecule has 0 aromatic carbocycles. The van der Waals surface area contributed by atoms with Gasteiger partial charge in [0.2, 0.25) is 0 Å². The lowest BCUT2D eigenvalue weighted by molar-refractivity contribution is 0.233. The quantitative estimate of drug-likeness (QED) is 0.726. The van der Waals surface area contributed by atoms with E-state index in [1.807, 2.05) is 0 Å². The van der Waals surface area contributed by atoms with Gasteiger partial charge in [0.1, 0.15) is 0 Å². The number of nitrogens with one attached hydrogen (secondary N) is 1. The second kappa shape index (κ2) is 5.75. The van der Waals surface area contributed by atoms with Crippen molar-refractivity contribution in [2.75, 3.05) is 0 Å². The van der Waals surface area contributed by atoms with Gasteiger partial charge in [0.05, 0.1) is 0 Å². The zero-order valence-electron chi connectivity index (χ0n) is 10.3. The zero-order chi connectivity index (χ0) is 10.6. The van der Waals surface area contributed by atoms with Crippen molar-refractivity contribution < 1.29 is 0 Å². The van der Waals surface area contributed by atoms with E-state index in [-0.39, 0.29) is 0 Å². The van der Waals surface area contributed by atoms with Crippen molar-refractivity contribution in [2.24, 2.45) is 11.8 Å². The molecule has 1 fully saturated rings. The highest BCUT2D eigenvalue weighted by molar-refractivity contribution is 4.82. The van der Waals surface area contributed by atoms with Crippen molar-refractivity contribution in [3.63, 3.8) is 0 Å². The van der Waals surface area contributed by atoms with Crippen LogP contribution in [0.2, 0.25) is 0 Å². The summed E-state index contributed by atoms with van der Waals surface area (Å²) in [5.74, 6) is 1.66. The molecular formula is C13H27N. The minimum atomic E-state index is 0.723. The molecule has 1 aliphatic carbocycles. The molecule has 0 saturated heterocycles. The van der Waals surface area contributed by atoms with Crippen molar-refractivity contribution in [1.29, 1.82) is 0 Å². The highest BCUT2D eigenvalue weighted by Crippen LogP contribution is 2.25. The van der Waals surface area contributed by atoms with E-state index in [1.165, 1.54) is 32.1 Å². The minimum Gasteiger partial charge on any atom is -0.311 e. The molecule has 0 heterocycles. The molecule has 3 atom stereocenters. The molecule has 0 aliphatic heterocycles. The SMILES string of the molecule is CC[C@@H](N[C@H]1CCCC[C@@H]1C)C(C)C. The van der Waals surface area contributed by atoms with Crippen molar-refractivity contribution in [2.45, 2.75) is 71.9 Å². The fourth-order valence-corrected chi connectivity index (χ4v) is 2.62. The highest BCUT2D eigenvalue weighted by atomic mass is 15.0. The Hall–Kier alpha value is -0.0400. The summed E-state index contributed by atoms with van der Waals surface area (Å²) in [7, 11) is 0. The molecule has 0 aromatic heterocycles. The average molecular weight is 197 g/mol. The van der Waals surface area contributed by atoms with Crippen LogP contribution in [0.1, 0.15) is 59.8 Å². The van der Waals surface area contributed by atoms with Crippen LogP contribution >= 0.6 is 0 Å². The van der Waals surface area contributed by atoms with E-state index in [4.69, 9.17) is 0 Å². The second-order valence-corrected chi connectivity index (χ2v) is 5.29. The third-order valence-electron chi connectivity index (χ3n) is 3.78. The van der Waals surface area contributed by atoms with Crippen LogP contribution in [0.25, 0.3) is 0 Å². The van der Waals surface area contributed by atoms with E-state index in [0.29, 0.717) is 0 Å². The van der Waals surface area contributed by atoms with E-state index < -0.39 is 0 Å². The summed E-state index contributed by atoms with van der Waals surface area (Å²) < 4.78 is 0. The Morgan fingerprint density at radius 1 is 1.21 bits per heavy atom. The van der Waals surface area contributed by atoms with Gasteiger partial charge in [-0.15, -0.1) is 0 Å². The molecule has 0 unspecified atom stereocenters. The van der Waals surface area contributed by atoms with Gasteiger partial charge in [0, 0.05) is 12.1 Å². The van der Waals surface area contributed by atoms with Gasteiger partial charge in [-0.3, -0.25) is 0 Å². The third-order valence-corrected chi connectivity index (χ3v) is 3.78. The van der Waals surface area contributed by atoms with Gasteiger partial charge in [-0.25, -0.2) is 0 Å². The summed E-state index contributed by atoms with van der Waals surface area (Å²) in [4.78, 5) is 0. The van der Waals surface area contributed by atoms with Crippen molar-refractivity contribution >= 4 is 0 Å². The van der Waals surface area contributed by atoms with E-state index in [9.17, 15) is 0 Å². The third kappa shape index (κ3) is 3.27. The first-order valence-corrected chi connectivity index (χ1v) is 6.41. The van der Waals surface area contributed by atoms with Crippen LogP contribution in [0.15, 0.2) is 0 Å².